The van der Waals surface area contributed by atoms with Crippen molar-refractivity contribution in [1.82, 2.24) is 0 Å². The number of hydrogen-bond acceptors (Lipinski definition) is 0. The molecule has 54 valence electrons. The fraction of sp³-hybridized carbons (Fsp3) is 1.00. The predicted molar refractivity (Wildman–Crippen MR) is 40.7 cm³/mol. The smallest absolute Gasteiger partial charge is 0.113 e. The van der Waals surface area contributed by atoms with Crippen LogP contribution in [0.25, 0.3) is 0 Å². The lowest BCUT2D eigenvalue weighted by Crippen LogP contribution is -2.12. The quantitative estimate of drug-likeness (QED) is 0.411. The number of halogens is 2. The van der Waals surface area contributed by atoms with Gasteiger partial charge in [0.25, 0.3) is 0 Å². The maximum absolute atomic E-state index is 12.8. The van der Waals surface area contributed by atoms with Gasteiger partial charge >= 0.3 is 0 Å². The van der Waals surface area contributed by atoms with E-state index < -0.39 is 6.17 Å². The minimum absolute atomic E-state index is 0.139. The first-order valence-corrected chi connectivity index (χ1v) is 4.50. The Kier molecular flexibility index (Phi) is 2.96. The van der Waals surface area contributed by atoms with Crippen molar-refractivity contribution >= 4 is 15.9 Å². The van der Waals surface area contributed by atoms with Crippen LogP contribution in [0.4, 0.5) is 4.39 Å². The molecule has 9 heavy (non-hydrogen) atoms. The van der Waals surface area contributed by atoms with E-state index in [9.17, 15) is 4.39 Å². The van der Waals surface area contributed by atoms with Gasteiger partial charge in [-0.15, -0.1) is 0 Å². The summed E-state index contributed by atoms with van der Waals surface area (Å²) >= 11 is 3.33. The summed E-state index contributed by atoms with van der Waals surface area (Å²) in [4.78, 5) is 0.139. The summed E-state index contributed by atoms with van der Waals surface area (Å²) in [5.74, 6) is 0. The van der Waals surface area contributed by atoms with Crippen LogP contribution < -0.4 is 0 Å². The monoisotopic (exact) mass is 194 g/mol. The van der Waals surface area contributed by atoms with E-state index in [1.807, 2.05) is 0 Å². The SMILES string of the molecule is FC1CCCCCC1Br. The normalized spacial score (nSPS) is 38.0. The molecule has 0 aromatic rings. The molecule has 0 N–H and O–H groups in total. The number of hydrogen-bond donors (Lipinski definition) is 0. The predicted octanol–water partition coefficient (Wildman–Crippen LogP) is 3.05. The van der Waals surface area contributed by atoms with Crippen LogP contribution in [-0.2, 0) is 0 Å². The minimum Gasteiger partial charge on any atom is -0.246 e. The van der Waals surface area contributed by atoms with Crippen molar-refractivity contribution in [3.63, 3.8) is 0 Å². The molecule has 0 nitrogen and oxygen atoms in total. The third-order valence-corrected chi connectivity index (χ3v) is 2.88. The summed E-state index contributed by atoms with van der Waals surface area (Å²) in [6.07, 6.45) is 4.66. The molecule has 0 radical (unpaired) electrons. The Bertz CT molecular complexity index is 75.0. The zero-order chi connectivity index (χ0) is 6.69. The van der Waals surface area contributed by atoms with Gasteiger partial charge in [0, 0.05) is 4.83 Å². The van der Waals surface area contributed by atoms with Crippen molar-refractivity contribution in [1.29, 1.82) is 0 Å². The average molecular weight is 195 g/mol. The highest BCUT2D eigenvalue weighted by molar-refractivity contribution is 9.09. The molecule has 0 heterocycles. The van der Waals surface area contributed by atoms with E-state index in [1.54, 1.807) is 0 Å². The fourth-order valence-electron chi connectivity index (χ4n) is 1.22. The maximum atomic E-state index is 12.8. The van der Waals surface area contributed by atoms with Gasteiger partial charge in [-0.05, 0) is 12.8 Å². The van der Waals surface area contributed by atoms with Crippen LogP contribution in [0.2, 0.25) is 0 Å². The molecule has 0 bridgehead atoms. The van der Waals surface area contributed by atoms with Crippen molar-refractivity contribution in [3.8, 4) is 0 Å². The maximum Gasteiger partial charge on any atom is 0.113 e. The van der Waals surface area contributed by atoms with Crippen LogP contribution in [-0.4, -0.2) is 11.0 Å². The molecule has 0 aromatic carbocycles. The zero-order valence-electron chi connectivity index (χ0n) is 5.45. The zero-order valence-corrected chi connectivity index (χ0v) is 7.03. The molecule has 0 amide bonds. The van der Waals surface area contributed by atoms with Crippen LogP contribution in [0, 0.1) is 0 Å². The summed E-state index contributed by atoms with van der Waals surface area (Å²) < 4.78 is 12.8. The van der Waals surface area contributed by atoms with Gasteiger partial charge < -0.3 is 0 Å². The van der Waals surface area contributed by atoms with Gasteiger partial charge in [-0.3, -0.25) is 0 Å². The highest BCUT2D eigenvalue weighted by atomic mass is 79.9. The van der Waals surface area contributed by atoms with Crippen LogP contribution in [0.5, 0.6) is 0 Å². The van der Waals surface area contributed by atoms with E-state index in [2.05, 4.69) is 15.9 Å². The van der Waals surface area contributed by atoms with Crippen LogP contribution in [0.3, 0.4) is 0 Å². The first-order chi connectivity index (χ1) is 4.30. The van der Waals surface area contributed by atoms with Crippen molar-refractivity contribution in [3.05, 3.63) is 0 Å². The molecule has 2 unspecified atom stereocenters. The Hall–Kier alpha value is 0.410. The lowest BCUT2D eigenvalue weighted by atomic mass is 10.2. The lowest BCUT2D eigenvalue weighted by molar-refractivity contribution is 0.311. The molecular formula is C7H12BrF. The van der Waals surface area contributed by atoms with Crippen LogP contribution in [0.15, 0.2) is 0 Å². The molecule has 1 aliphatic carbocycles. The molecule has 2 heteroatoms. The first kappa shape index (κ1) is 7.52. The van der Waals surface area contributed by atoms with Gasteiger partial charge in [-0.25, -0.2) is 4.39 Å². The van der Waals surface area contributed by atoms with E-state index in [4.69, 9.17) is 0 Å². The van der Waals surface area contributed by atoms with Crippen molar-refractivity contribution < 1.29 is 4.39 Å². The molecule has 1 aliphatic rings. The Balaban J connectivity index is 2.32. The standard InChI is InChI=1S/C7H12BrF/c8-6-4-2-1-3-5-7(6)9/h6-7H,1-5H2. The second-order valence-corrected chi connectivity index (χ2v) is 3.85. The molecule has 0 aliphatic heterocycles. The molecule has 0 saturated heterocycles. The first-order valence-electron chi connectivity index (χ1n) is 3.59. The van der Waals surface area contributed by atoms with E-state index in [-0.39, 0.29) is 4.83 Å². The molecule has 2 atom stereocenters. The summed E-state index contributed by atoms with van der Waals surface area (Å²) in [6.45, 7) is 0. The molecular weight excluding hydrogens is 183 g/mol. The highest BCUT2D eigenvalue weighted by Crippen LogP contribution is 2.25. The summed E-state index contributed by atoms with van der Waals surface area (Å²) in [5.41, 5.74) is 0. The van der Waals surface area contributed by atoms with Gasteiger partial charge in [0.1, 0.15) is 6.17 Å². The van der Waals surface area contributed by atoms with E-state index in [0.717, 1.165) is 19.3 Å². The summed E-state index contributed by atoms with van der Waals surface area (Å²) in [5, 5.41) is 0. The van der Waals surface area contributed by atoms with Gasteiger partial charge in [-0.1, -0.05) is 35.2 Å². The van der Waals surface area contributed by atoms with E-state index >= 15 is 0 Å². The molecule has 1 saturated carbocycles. The van der Waals surface area contributed by atoms with E-state index in [0.29, 0.717) is 0 Å². The number of rotatable bonds is 0. The molecule has 0 aromatic heterocycles. The second-order valence-electron chi connectivity index (χ2n) is 2.67. The van der Waals surface area contributed by atoms with Crippen molar-refractivity contribution in [2.45, 2.75) is 43.1 Å². The van der Waals surface area contributed by atoms with Crippen LogP contribution in [0.1, 0.15) is 32.1 Å². The van der Waals surface area contributed by atoms with E-state index in [1.165, 1.54) is 12.8 Å². The van der Waals surface area contributed by atoms with Gasteiger partial charge in [0.05, 0.1) is 0 Å². The summed E-state index contributed by atoms with van der Waals surface area (Å²) in [6, 6.07) is 0. The molecule has 0 spiro atoms. The topological polar surface area (TPSA) is 0 Å². The fourth-order valence-corrected chi connectivity index (χ4v) is 1.81. The Morgan fingerprint density at radius 2 is 1.78 bits per heavy atom. The average Bonchev–Trinajstić information content (AvgIpc) is 1.99. The highest BCUT2D eigenvalue weighted by Gasteiger charge is 2.19. The molecule has 1 rings (SSSR count). The van der Waals surface area contributed by atoms with Crippen molar-refractivity contribution in [2.24, 2.45) is 0 Å². The lowest BCUT2D eigenvalue weighted by Gasteiger charge is -2.08. The second kappa shape index (κ2) is 3.55. The summed E-state index contributed by atoms with van der Waals surface area (Å²) in [7, 11) is 0. The third kappa shape index (κ3) is 2.24. The third-order valence-electron chi connectivity index (χ3n) is 1.85. The Morgan fingerprint density at radius 3 is 2.56 bits per heavy atom. The molecule has 1 fully saturated rings. The largest absolute Gasteiger partial charge is 0.246 e. The Labute approximate surface area is 64.0 Å². The van der Waals surface area contributed by atoms with Gasteiger partial charge in [0.2, 0.25) is 0 Å². The number of alkyl halides is 2. The van der Waals surface area contributed by atoms with Crippen LogP contribution >= 0.6 is 15.9 Å². The Morgan fingerprint density at radius 1 is 1.11 bits per heavy atom. The van der Waals surface area contributed by atoms with Crippen molar-refractivity contribution in [2.75, 3.05) is 0 Å². The minimum atomic E-state index is -0.590. The van der Waals surface area contributed by atoms with Gasteiger partial charge in [0.15, 0.2) is 0 Å². The van der Waals surface area contributed by atoms with Gasteiger partial charge in [-0.2, -0.15) is 0 Å².